The van der Waals surface area contributed by atoms with Crippen LogP contribution in [-0.4, -0.2) is 596 Å². The van der Waals surface area contributed by atoms with Gasteiger partial charge in [0, 0.05) is 13.8 Å². The second-order valence-electron chi connectivity index (χ2n) is 32.1. The van der Waals surface area contributed by atoms with Crippen molar-refractivity contribution >= 4 is 11.8 Å². The fourth-order valence-electron chi connectivity index (χ4n) is 16.0. The zero-order valence-corrected chi connectivity index (χ0v) is 67.8. The highest BCUT2D eigenvalue weighted by atomic mass is 16.8. The molecule has 10 aliphatic rings. The van der Waals surface area contributed by atoms with Crippen LogP contribution in [0, 0.1) is 0 Å². The maximum absolute atomic E-state index is 13.1. The molecule has 2 amide bonds. The van der Waals surface area contributed by atoms with Crippen LogP contribution in [0.3, 0.4) is 0 Å². The number of rotatable bonds is 37. The van der Waals surface area contributed by atoms with E-state index >= 15 is 0 Å². The topological polar surface area (TPSA) is 931 Å². The van der Waals surface area contributed by atoms with Gasteiger partial charge in [0.25, 0.3) is 0 Å². The van der Waals surface area contributed by atoms with E-state index in [4.69, 9.17) is 94.7 Å². The van der Waals surface area contributed by atoms with Crippen LogP contribution in [-0.2, 0) is 104 Å². The molecule has 36 N–H and O–H groups in total. The first-order chi connectivity index (χ1) is 60.6. The molecule has 0 radical (unpaired) electrons. The van der Waals surface area contributed by atoms with Gasteiger partial charge in [0.05, 0.1) is 85.3 Å². The zero-order valence-electron chi connectivity index (χ0n) is 67.8. The Hall–Kier alpha value is -3.22. The van der Waals surface area contributed by atoms with E-state index in [-0.39, 0.29) is 0 Å². The maximum Gasteiger partial charge on any atom is 0.217 e. The van der Waals surface area contributed by atoms with Gasteiger partial charge >= 0.3 is 0 Å². The second kappa shape index (κ2) is 47.2. The van der Waals surface area contributed by atoms with Crippen molar-refractivity contribution in [2.24, 2.45) is 0 Å². The molecule has 0 aromatic heterocycles. The Balaban J connectivity index is 1.03. The number of ether oxygens (including phenoxy) is 20. The predicted octanol–water partition coefficient (Wildman–Crippen LogP) is -25.1. The van der Waals surface area contributed by atoms with Crippen molar-refractivity contribution in [2.75, 3.05) is 79.3 Å². The number of aliphatic hydroxyl groups is 34. The highest BCUT2D eigenvalue weighted by molar-refractivity contribution is 5.73. The first-order valence-electron chi connectivity index (χ1n) is 40.6. The smallest absolute Gasteiger partial charge is 0.217 e. The van der Waals surface area contributed by atoms with Crippen molar-refractivity contribution in [3.05, 3.63) is 0 Å². The molecule has 0 saturated carbocycles. The summed E-state index contributed by atoms with van der Waals surface area (Å²) in [6.45, 7) is -12.3. The summed E-state index contributed by atoms with van der Waals surface area (Å²) < 4.78 is 118. The molecule has 746 valence electrons. The van der Waals surface area contributed by atoms with Gasteiger partial charge in [0.1, 0.15) is 262 Å². The fraction of sp³-hybridized carbons (Fsp3) is 0.971. The zero-order chi connectivity index (χ0) is 94.4. The quantitative estimate of drug-likeness (QED) is 0.0275. The molecule has 58 nitrogen and oxygen atoms in total. The summed E-state index contributed by atoms with van der Waals surface area (Å²) >= 11 is 0. The Morgan fingerprint density at radius 2 is 0.539 bits per heavy atom. The maximum atomic E-state index is 13.1. The Morgan fingerprint density at radius 3 is 0.875 bits per heavy atom. The molecule has 54 atom stereocenters. The third-order valence-electron chi connectivity index (χ3n) is 23.4. The van der Waals surface area contributed by atoms with Crippen LogP contribution in [0.25, 0.3) is 0 Å². The Kier molecular flexibility index (Phi) is 39.4. The molecule has 0 aliphatic carbocycles. The van der Waals surface area contributed by atoms with Gasteiger partial charge in [-0.2, -0.15) is 0 Å². The van der Waals surface area contributed by atoms with Gasteiger partial charge < -0.3 is 279 Å². The molecule has 10 saturated heterocycles. The van der Waals surface area contributed by atoms with Crippen molar-refractivity contribution in [3.63, 3.8) is 0 Å². The van der Waals surface area contributed by atoms with Crippen molar-refractivity contribution in [1.82, 2.24) is 10.6 Å². The average Bonchev–Trinajstić information content (AvgIpc) is 0.763. The second-order valence-corrected chi connectivity index (χ2v) is 32.1. The van der Waals surface area contributed by atoms with E-state index in [1.165, 1.54) is 0 Å². The van der Waals surface area contributed by atoms with Crippen molar-refractivity contribution in [1.29, 1.82) is 0 Å². The molecule has 128 heavy (non-hydrogen) atoms. The number of amides is 2. The lowest BCUT2D eigenvalue weighted by atomic mass is 9.94. The van der Waals surface area contributed by atoms with Gasteiger partial charge in [-0.25, -0.2) is 0 Å². The van der Waals surface area contributed by atoms with Gasteiger partial charge in [0.2, 0.25) is 11.8 Å². The molecule has 10 rings (SSSR count). The molecule has 10 aliphatic heterocycles. The van der Waals surface area contributed by atoms with Crippen LogP contribution in [0.1, 0.15) is 13.8 Å². The van der Waals surface area contributed by atoms with Crippen LogP contribution >= 0.6 is 0 Å². The molecular weight excluding hydrogens is 1760 g/mol. The standard InChI is InChI=1S/C70H120N2O56/c1-15(83)71-17(3-73)30(86)53(18(85)4-74)121-61-29(72-16(2)84)40(96)54(26(12-82)118-61)122-66-52(108)56(124-69-60(47(103)37(93)24(10-80)116-69)128-70-59(46(102)36(92)25(11-81)117-70)127-65-50(106)43(99)33(89)21(7-77)113-65)39(95)28(120-66)13-109-62-51(107)55(123-68-58(45(101)35(91)23(9-79)115-68)126-64-49(105)42(98)32(88)20(6-76)112-64)38(94)27(119-62)14-110-67-57(44(100)34(90)22(8-78)114-67)125-63-48(104)41(97)31(87)19(5-75)111-63/h17-70,73-82,85-108H,3-14H2,1-2H3,(H,71,83)(H,72,84). The largest absolute Gasteiger partial charge is 0.394 e. The third kappa shape index (κ3) is 23.4. The number of hydrogen-bond donors (Lipinski definition) is 36. The van der Waals surface area contributed by atoms with Crippen LogP contribution in [0.15, 0.2) is 0 Å². The van der Waals surface area contributed by atoms with Gasteiger partial charge in [-0.3, -0.25) is 9.59 Å². The molecule has 0 spiro atoms. The van der Waals surface area contributed by atoms with Crippen LogP contribution in [0.2, 0.25) is 0 Å². The first kappa shape index (κ1) is 107. The van der Waals surface area contributed by atoms with E-state index < -0.39 is 422 Å². The Bertz CT molecular complexity index is 3330. The number of nitrogens with one attached hydrogen (secondary N) is 2. The molecule has 0 aromatic rings. The van der Waals surface area contributed by atoms with Crippen molar-refractivity contribution in [3.8, 4) is 0 Å². The van der Waals surface area contributed by atoms with Crippen LogP contribution < -0.4 is 10.6 Å². The summed E-state index contributed by atoms with van der Waals surface area (Å²) in [5, 5.41) is 382. The highest BCUT2D eigenvalue weighted by Crippen LogP contribution is 2.41. The van der Waals surface area contributed by atoms with Crippen molar-refractivity contribution < 1.29 is 278 Å². The number of aliphatic hydroxyl groups excluding tert-OH is 34. The molecule has 0 aromatic carbocycles. The lowest BCUT2D eigenvalue weighted by Crippen LogP contribution is -2.70. The summed E-state index contributed by atoms with van der Waals surface area (Å²) in [5.74, 6) is -1.89. The highest BCUT2D eigenvalue weighted by Gasteiger charge is 2.62. The summed E-state index contributed by atoms with van der Waals surface area (Å²) in [7, 11) is 0. The number of carbonyl (C=O) groups excluding carboxylic acids is 2. The van der Waals surface area contributed by atoms with E-state index in [2.05, 4.69) is 10.6 Å². The van der Waals surface area contributed by atoms with Gasteiger partial charge in [0.15, 0.2) is 62.9 Å². The van der Waals surface area contributed by atoms with E-state index in [0.717, 1.165) is 13.8 Å². The normalized spacial score (nSPS) is 49.1. The molecule has 58 heteroatoms. The summed E-state index contributed by atoms with van der Waals surface area (Å²) in [5.41, 5.74) is 0. The Labute approximate surface area is 723 Å². The minimum Gasteiger partial charge on any atom is -0.394 e. The van der Waals surface area contributed by atoms with Crippen LogP contribution in [0.4, 0.5) is 0 Å². The molecule has 0 bridgehead atoms. The molecule has 54 unspecified atom stereocenters. The molecular formula is C70H120N2O56. The lowest BCUT2D eigenvalue weighted by molar-refractivity contribution is -0.408. The van der Waals surface area contributed by atoms with Crippen molar-refractivity contribution in [2.45, 2.75) is 345 Å². The SMILES string of the molecule is CC(=O)NC(CO)C(O)C(OC1OC(CO)C(OC2OC(COC3OC(COC4OC(CO)C(O)C(O)C4OC4OC(CO)C(O)C(O)C4O)C(O)C(OC4OC(CO)C(O)C(O)C4OC4OC(CO)C(O)C(O)C4O)C3O)C(O)C(OC3OC(CO)C(O)C(O)C3OC3OC(CO)C(O)C(O)C3OC3OC(CO)C(O)C(O)C3O)C2O)C(O)C1NC(C)=O)C(O)CO. The first-order valence-corrected chi connectivity index (χ1v) is 40.6. The van der Waals surface area contributed by atoms with E-state index in [0.29, 0.717) is 0 Å². The number of carbonyl (C=O) groups is 2. The molecule has 10 heterocycles. The molecule has 10 fully saturated rings. The van der Waals surface area contributed by atoms with Gasteiger partial charge in [-0.1, -0.05) is 0 Å². The Morgan fingerprint density at radius 1 is 0.266 bits per heavy atom. The lowest BCUT2D eigenvalue weighted by Gasteiger charge is -2.51. The minimum absolute atomic E-state index is 0.850. The minimum atomic E-state index is -2.72. The monoisotopic (exact) mass is 1880 g/mol. The van der Waals surface area contributed by atoms with E-state index in [1.807, 2.05) is 0 Å². The third-order valence-corrected chi connectivity index (χ3v) is 23.4. The number of hydrogen-bond acceptors (Lipinski definition) is 56. The van der Waals surface area contributed by atoms with Gasteiger partial charge in [-0.15, -0.1) is 0 Å². The average molecular weight is 1890 g/mol. The summed E-state index contributed by atoms with van der Waals surface area (Å²) in [4.78, 5) is 25.2. The summed E-state index contributed by atoms with van der Waals surface area (Å²) in [6, 6.07) is -3.77. The van der Waals surface area contributed by atoms with E-state index in [1.54, 1.807) is 0 Å². The van der Waals surface area contributed by atoms with Crippen LogP contribution in [0.5, 0.6) is 0 Å². The fourth-order valence-corrected chi connectivity index (χ4v) is 16.0. The summed E-state index contributed by atoms with van der Waals surface area (Å²) in [6.07, 6.45) is -117. The predicted molar refractivity (Wildman–Crippen MR) is 388 cm³/mol. The van der Waals surface area contributed by atoms with E-state index in [9.17, 15) is 183 Å². The van der Waals surface area contributed by atoms with Gasteiger partial charge in [-0.05, 0) is 0 Å².